The zero-order valence-electron chi connectivity index (χ0n) is 13.4. The van der Waals surface area contributed by atoms with Crippen molar-refractivity contribution in [3.63, 3.8) is 0 Å². The van der Waals surface area contributed by atoms with E-state index >= 15 is 0 Å². The van der Waals surface area contributed by atoms with Crippen LogP contribution in [0, 0.1) is 11.8 Å². The molecule has 1 aliphatic rings. The topological polar surface area (TPSA) is 52.6 Å². The largest absolute Gasteiger partial charge is 0.461 e. The Kier molecular flexibility index (Phi) is 5.26. The second-order valence-corrected chi connectivity index (χ2v) is 6.05. The summed E-state index contributed by atoms with van der Waals surface area (Å²) in [7, 11) is 0. The smallest absolute Gasteiger partial charge is 0.309 e. The van der Waals surface area contributed by atoms with Crippen molar-refractivity contribution in [3.8, 4) is 0 Å². The third-order valence-corrected chi connectivity index (χ3v) is 4.25. The minimum atomic E-state index is -0.231. The molecule has 0 unspecified atom stereocenters. The van der Waals surface area contributed by atoms with Gasteiger partial charge in [0.25, 0.3) is 0 Å². The van der Waals surface area contributed by atoms with E-state index in [0.717, 1.165) is 11.1 Å². The molecular formula is C20H20O4. The van der Waals surface area contributed by atoms with Gasteiger partial charge in [-0.2, -0.15) is 0 Å². The second-order valence-electron chi connectivity index (χ2n) is 6.05. The molecular weight excluding hydrogens is 304 g/mol. The van der Waals surface area contributed by atoms with Gasteiger partial charge in [0.15, 0.2) is 0 Å². The molecule has 0 amide bonds. The summed E-state index contributed by atoms with van der Waals surface area (Å²) < 4.78 is 10.6. The molecule has 0 bridgehead atoms. The average molecular weight is 324 g/mol. The van der Waals surface area contributed by atoms with Crippen LogP contribution in [-0.4, -0.2) is 11.9 Å². The molecule has 2 aromatic carbocycles. The molecule has 4 nitrogen and oxygen atoms in total. The third kappa shape index (κ3) is 4.22. The lowest BCUT2D eigenvalue weighted by Gasteiger charge is -2.31. The summed E-state index contributed by atoms with van der Waals surface area (Å²) in [5.74, 6) is -0.845. The van der Waals surface area contributed by atoms with Crippen molar-refractivity contribution in [1.29, 1.82) is 0 Å². The molecule has 0 spiro atoms. The van der Waals surface area contributed by atoms with Crippen LogP contribution in [0.25, 0.3) is 0 Å². The van der Waals surface area contributed by atoms with E-state index in [1.807, 2.05) is 60.7 Å². The average Bonchev–Trinajstić information content (AvgIpc) is 2.59. The van der Waals surface area contributed by atoms with Gasteiger partial charge in [-0.1, -0.05) is 60.7 Å². The molecule has 24 heavy (non-hydrogen) atoms. The van der Waals surface area contributed by atoms with Crippen LogP contribution in [0.1, 0.15) is 24.0 Å². The SMILES string of the molecule is O=C(OCc1ccccc1)[C@H]1C[C@H](C(=O)OCc2ccccc2)C1. The lowest BCUT2D eigenvalue weighted by molar-refractivity contribution is -0.163. The van der Waals surface area contributed by atoms with Gasteiger partial charge in [0, 0.05) is 0 Å². The second kappa shape index (κ2) is 7.77. The van der Waals surface area contributed by atoms with E-state index in [0.29, 0.717) is 12.8 Å². The van der Waals surface area contributed by atoms with Gasteiger partial charge >= 0.3 is 11.9 Å². The molecule has 0 atom stereocenters. The number of rotatable bonds is 6. The van der Waals surface area contributed by atoms with Crippen molar-refractivity contribution < 1.29 is 19.1 Å². The van der Waals surface area contributed by atoms with E-state index in [4.69, 9.17) is 9.47 Å². The third-order valence-electron chi connectivity index (χ3n) is 4.25. The Bertz CT molecular complexity index is 616. The maximum absolute atomic E-state index is 12.0. The van der Waals surface area contributed by atoms with Crippen LogP contribution >= 0.6 is 0 Å². The van der Waals surface area contributed by atoms with E-state index in [9.17, 15) is 9.59 Å². The maximum atomic E-state index is 12.0. The molecule has 0 aliphatic heterocycles. The highest BCUT2D eigenvalue weighted by Crippen LogP contribution is 2.35. The number of carbonyl (C=O) groups is 2. The van der Waals surface area contributed by atoms with Crippen LogP contribution in [0.3, 0.4) is 0 Å². The van der Waals surface area contributed by atoms with Crippen LogP contribution in [0.2, 0.25) is 0 Å². The summed E-state index contributed by atoms with van der Waals surface area (Å²) in [6.45, 7) is 0.554. The zero-order chi connectivity index (χ0) is 16.8. The number of benzene rings is 2. The van der Waals surface area contributed by atoms with Gasteiger partial charge in [0.2, 0.25) is 0 Å². The van der Waals surface area contributed by atoms with Crippen LogP contribution in [0.5, 0.6) is 0 Å². The number of carbonyl (C=O) groups excluding carboxylic acids is 2. The van der Waals surface area contributed by atoms with Gasteiger partial charge in [-0.25, -0.2) is 0 Å². The number of ether oxygens (including phenoxy) is 2. The molecule has 0 heterocycles. The van der Waals surface area contributed by atoms with Gasteiger partial charge in [0.1, 0.15) is 13.2 Å². The Balaban J connectivity index is 1.37. The van der Waals surface area contributed by atoms with E-state index < -0.39 is 0 Å². The summed E-state index contributed by atoms with van der Waals surface area (Å²) in [6, 6.07) is 19.1. The van der Waals surface area contributed by atoms with Crippen molar-refractivity contribution in [2.45, 2.75) is 26.1 Å². The first kappa shape index (κ1) is 16.2. The first-order valence-corrected chi connectivity index (χ1v) is 8.13. The van der Waals surface area contributed by atoms with E-state index in [1.54, 1.807) is 0 Å². The minimum absolute atomic E-state index is 0.192. The fourth-order valence-electron chi connectivity index (χ4n) is 2.70. The van der Waals surface area contributed by atoms with Crippen molar-refractivity contribution in [3.05, 3.63) is 71.8 Å². The molecule has 1 fully saturated rings. The molecule has 0 N–H and O–H groups in total. The zero-order valence-corrected chi connectivity index (χ0v) is 13.4. The summed E-state index contributed by atoms with van der Waals surface area (Å²) in [6.07, 6.45) is 1.03. The lowest BCUT2D eigenvalue weighted by atomic mass is 9.75. The number of hydrogen-bond donors (Lipinski definition) is 0. The molecule has 0 saturated heterocycles. The van der Waals surface area contributed by atoms with E-state index in [1.165, 1.54) is 0 Å². The molecule has 1 saturated carbocycles. The fourth-order valence-corrected chi connectivity index (χ4v) is 2.70. The summed E-state index contributed by atoms with van der Waals surface area (Å²) in [4.78, 5) is 23.9. The quantitative estimate of drug-likeness (QED) is 0.763. The van der Waals surface area contributed by atoms with E-state index in [-0.39, 0.29) is 37.0 Å². The van der Waals surface area contributed by atoms with Gasteiger partial charge in [0.05, 0.1) is 11.8 Å². The molecule has 3 rings (SSSR count). The van der Waals surface area contributed by atoms with E-state index in [2.05, 4.69) is 0 Å². The highest BCUT2D eigenvalue weighted by atomic mass is 16.5. The standard InChI is InChI=1S/C20H20O4/c21-19(23-13-15-7-3-1-4-8-15)17-11-18(12-17)20(22)24-14-16-9-5-2-6-10-16/h1-10,17-18H,11-14H2/t17-,18-. The first-order chi connectivity index (χ1) is 11.7. The highest BCUT2D eigenvalue weighted by molar-refractivity contribution is 5.80. The highest BCUT2D eigenvalue weighted by Gasteiger charge is 2.40. The Morgan fingerprint density at radius 1 is 0.708 bits per heavy atom. The molecule has 1 aliphatic carbocycles. The lowest BCUT2D eigenvalue weighted by Crippen LogP contribution is -2.37. The van der Waals surface area contributed by atoms with Crippen LogP contribution in [0.4, 0.5) is 0 Å². The summed E-state index contributed by atoms with van der Waals surface area (Å²) in [5.41, 5.74) is 1.92. The summed E-state index contributed by atoms with van der Waals surface area (Å²) >= 11 is 0. The molecule has 0 radical (unpaired) electrons. The summed E-state index contributed by atoms with van der Waals surface area (Å²) in [5, 5.41) is 0. The Morgan fingerprint density at radius 3 is 1.46 bits per heavy atom. The fraction of sp³-hybridized carbons (Fsp3) is 0.300. The Labute approximate surface area is 141 Å². The maximum Gasteiger partial charge on any atom is 0.309 e. The molecule has 4 heteroatoms. The van der Waals surface area contributed by atoms with Crippen LogP contribution in [0.15, 0.2) is 60.7 Å². The van der Waals surface area contributed by atoms with Crippen LogP contribution < -0.4 is 0 Å². The van der Waals surface area contributed by atoms with Gasteiger partial charge in [-0.05, 0) is 24.0 Å². The van der Waals surface area contributed by atoms with Gasteiger partial charge in [-0.15, -0.1) is 0 Å². The van der Waals surface area contributed by atoms with Gasteiger partial charge < -0.3 is 9.47 Å². The normalized spacial score (nSPS) is 19.2. The van der Waals surface area contributed by atoms with Crippen molar-refractivity contribution in [1.82, 2.24) is 0 Å². The number of hydrogen-bond acceptors (Lipinski definition) is 4. The Hall–Kier alpha value is -2.62. The molecule has 2 aromatic rings. The first-order valence-electron chi connectivity index (χ1n) is 8.13. The van der Waals surface area contributed by atoms with Gasteiger partial charge in [-0.3, -0.25) is 9.59 Å². The minimum Gasteiger partial charge on any atom is -0.461 e. The number of esters is 2. The van der Waals surface area contributed by atoms with Crippen LogP contribution in [-0.2, 0) is 32.3 Å². The van der Waals surface area contributed by atoms with Crippen molar-refractivity contribution in [2.24, 2.45) is 11.8 Å². The Morgan fingerprint density at radius 2 is 1.08 bits per heavy atom. The van der Waals surface area contributed by atoms with Crippen molar-refractivity contribution >= 4 is 11.9 Å². The molecule has 124 valence electrons. The predicted molar refractivity (Wildman–Crippen MR) is 88.7 cm³/mol. The van der Waals surface area contributed by atoms with Crippen molar-refractivity contribution in [2.75, 3.05) is 0 Å². The predicted octanol–water partition coefficient (Wildman–Crippen LogP) is 3.50. The monoisotopic (exact) mass is 324 g/mol. The molecule has 0 aromatic heterocycles.